The largest absolute Gasteiger partial charge is 0.250 e. The molecule has 0 aliphatic heterocycles. The van der Waals surface area contributed by atoms with Gasteiger partial charge in [0.1, 0.15) is 0 Å². The topological polar surface area (TPSA) is 46.0 Å². The Hall–Kier alpha value is -2.24. The van der Waals surface area contributed by atoms with Crippen molar-refractivity contribution >= 4 is 30.0 Å². The summed E-state index contributed by atoms with van der Waals surface area (Å²) in [6.07, 6.45) is 1.67. The SMILES string of the molecule is Cc1cccc(-c2n[nH]c(=S)n2/N=C\c2ccccc2Cl)c1. The first-order chi connectivity index (χ1) is 10.6. The lowest BCUT2D eigenvalue weighted by Crippen LogP contribution is -1.95. The fourth-order valence-corrected chi connectivity index (χ4v) is 2.43. The maximum Gasteiger partial charge on any atom is 0.216 e. The predicted octanol–water partition coefficient (Wildman–Crippen LogP) is 4.45. The number of H-pyrrole nitrogens is 1. The van der Waals surface area contributed by atoms with Gasteiger partial charge in [-0.15, -0.1) is 0 Å². The highest BCUT2D eigenvalue weighted by Gasteiger charge is 2.08. The number of hydrogen-bond acceptors (Lipinski definition) is 3. The van der Waals surface area contributed by atoms with Crippen molar-refractivity contribution in [3.05, 3.63) is 69.5 Å². The minimum absolute atomic E-state index is 0.430. The first-order valence-corrected chi connectivity index (χ1v) is 7.47. The quantitative estimate of drug-likeness (QED) is 0.570. The van der Waals surface area contributed by atoms with E-state index in [0.29, 0.717) is 15.6 Å². The van der Waals surface area contributed by atoms with E-state index in [1.165, 1.54) is 0 Å². The molecule has 0 saturated heterocycles. The van der Waals surface area contributed by atoms with Crippen molar-refractivity contribution in [3.8, 4) is 11.4 Å². The Bertz CT molecular complexity index is 895. The van der Waals surface area contributed by atoms with Gasteiger partial charge in [-0.05, 0) is 31.3 Å². The van der Waals surface area contributed by atoms with Crippen molar-refractivity contribution in [2.45, 2.75) is 6.92 Å². The minimum Gasteiger partial charge on any atom is -0.250 e. The van der Waals surface area contributed by atoms with Crippen molar-refractivity contribution < 1.29 is 0 Å². The van der Waals surface area contributed by atoms with Gasteiger partial charge >= 0.3 is 0 Å². The van der Waals surface area contributed by atoms with Gasteiger partial charge in [-0.3, -0.25) is 0 Å². The summed E-state index contributed by atoms with van der Waals surface area (Å²) in [6.45, 7) is 2.03. The zero-order chi connectivity index (χ0) is 15.5. The molecule has 0 amide bonds. The van der Waals surface area contributed by atoms with Gasteiger partial charge in [0, 0.05) is 16.1 Å². The number of aromatic nitrogens is 3. The van der Waals surface area contributed by atoms with Crippen LogP contribution in [0.2, 0.25) is 5.02 Å². The summed E-state index contributed by atoms with van der Waals surface area (Å²) in [5, 5.41) is 12.1. The van der Waals surface area contributed by atoms with Gasteiger partial charge in [0.05, 0.1) is 6.21 Å². The number of hydrogen-bond donors (Lipinski definition) is 1. The molecule has 0 spiro atoms. The average Bonchev–Trinajstić information content (AvgIpc) is 2.87. The van der Waals surface area contributed by atoms with E-state index in [-0.39, 0.29) is 0 Å². The van der Waals surface area contributed by atoms with Crippen LogP contribution in [0.3, 0.4) is 0 Å². The predicted molar refractivity (Wildman–Crippen MR) is 92.0 cm³/mol. The van der Waals surface area contributed by atoms with Gasteiger partial charge in [0.2, 0.25) is 4.77 Å². The smallest absolute Gasteiger partial charge is 0.216 e. The molecule has 0 atom stereocenters. The van der Waals surface area contributed by atoms with Gasteiger partial charge < -0.3 is 0 Å². The number of rotatable bonds is 3. The minimum atomic E-state index is 0.430. The highest BCUT2D eigenvalue weighted by molar-refractivity contribution is 7.71. The van der Waals surface area contributed by atoms with Crippen LogP contribution in [0.1, 0.15) is 11.1 Å². The van der Waals surface area contributed by atoms with Crippen LogP contribution in [0.25, 0.3) is 11.4 Å². The van der Waals surface area contributed by atoms with E-state index in [1.54, 1.807) is 10.9 Å². The molecule has 0 bridgehead atoms. The molecule has 0 fully saturated rings. The summed E-state index contributed by atoms with van der Waals surface area (Å²) in [5.74, 6) is 0.664. The van der Waals surface area contributed by atoms with Crippen molar-refractivity contribution in [1.29, 1.82) is 0 Å². The summed E-state index contributed by atoms with van der Waals surface area (Å²) in [5.41, 5.74) is 2.92. The Morgan fingerprint density at radius 2 is 2.05 bits per heavy atom. The lowest BCUT2D eigenvalue weighted by molar-refractivity contribution is 0.871. The number of aromatic amines is 1. The molecule has 0 radical (unpaired) electrons. The van der Waals surface area contributed by atoms with E-state index < -0.39 is 0 Å². The molecule has 3 aromatic rings. The maximum absolute atomic E-state index is 6.13. The molecular formula is C16H13ClN4S. The van der Waals surface area contributed by atoms with Crippen LogP contribution in [-0.4, -0.2) is 21.1 Å². The van der Waals surface area contributed by atoms with E-state index in [0.717, 1.165) is 16.7 Å². The summed E-state index contributed by atoms with van der Waals surface area (Å²) in [4.78, 5) is 0. The molecule has 0 unspecified atom stereocenters. The van der Waals surface area contributed by atoms with E-state index >= 15 is 0 Å². The van der Waals surface area contributed by atoms with Crippen LogP contribution in [0.4, 0.5) is 0 Å². The maximum atomic E-state index is 6.13. The Morgan fingerprint density at radius 3 is 2.82 bits per heavy atom. The Labute approximate surface area is 138 Å². The summed E-state index contributed by atoms with van der Waals surface area (Å²) >= 11 is 11.4. The molecule has 0 aliphatic carbocycles. The van der Waals surface area contributed by atoms with Crippen LogP contribution in [0, 0.1) is 11.7 Å². The highest BCUT2D eigenvalue weighted by atomic mass is 35.5. The number of aryl methyl sites for hydroxylation is 1. The van der Waals surface area contributed by atoms with Crippen molar-refractivity contribution in [3.63, 3.8) is 0 Å². The van der Waals surface area contributed by atoms with E-state index in [9.17, 15) is 0 Å². The monoisotopic (exact) mass is 328 g/mol. The van der Waals surface area contributed by atoms with Gasteiger partial charge in [-0.1, -0.05) is 53.6 Å². The zero-order valence-corrected chi connectivity index (χ0v) is 13.4. The number of nitrogens with zero attached hydrogens (tertiary/aromatic N) is 3. The molecule has 1 heterocycles. The van der Waals surface area contributed by atoms with Crippen molar-refractivity contribution in [1.82, 2.24) is 14.9 Å². The number of nitrogens with one attached hydrogen (secondary N) is 1. The zero-order valence-electron chi connectivity index (χ0n) is 11.8. The number of benzene rings is 2. The van der Waals surface area contributed by atoms with Crippen LogP contribution in [0.15, 0.2) is 53.6 Å². The molecule has 0 aliphatic rings. The second-order valence-corrected chi connectivity index (χ2v) is 5.59. The van der Waals surface area contributed by atoms with Gasteiger partial charge in [0.25, 0.3) is 0 Å². The lowest BCUT2D eigenvalue weighted by atomic mass is 10.1. The average molecular weight is 329 g/mol. The molecule has 110 valence electrons. The first-order valence-electron chi connectivity index (χ1n) is 6.68. The normalized spacial score (nSPS) is 11.2. The van der Waals surface area contributed by atoms with E-state index in [4.69, 9.17) is 23.8 Å². The summed E-state index contributed by atoms with van der Waals surface area (Å²) < 4.78 is 2.02. The van der Waals surface area contributed by atoms with Crippen LogP contribution in [0.5, 0.6) is 0 Å². The molecule has 1 N–H and O–H groups in total. The second-order valence-electron chi connectivity index (χ2n) is 4.80. The number of halogens is 1. The van der Waals surface area contributed by atoms with E-state index in [2.05, 4.69) is 15.3 Å². The van der Waals surface area contributed by atoms with Crippen LogP contribution < -0.4 is 0 Å². The first kappa shape index (κ1) is 14.7. The fraction of sp³-hybridized carbons (Fsp3) is 0.0625. The Balaban J connectivity index is 2.04. The summed E-state index contributed by atoms with van der Waals surface area (Å²) in [6, 6.07) is 15.5. The third kappa shape index (κ3) is 3.00. The van der Waals surface area contributed by atoms with Gasteiger partial charge in [0.15, 0.2) is 5.82 Å². The molecule has 2 aromatic carbocycles. The standard InChI is InChI=1S/C16H13ClN4S/c1-11-5-4-7-12(9-11)15-19-20-16(22)21(15)18-10-13-6-2-3-8-14(13)17/h2-10H,1H3,(H,20,22)/b18-10-. The second kappa shape index (κ2) is 6.25. The molecule has 4 nitrogen and oxygen atoms in total. The van der Waals surface area contributed by atoms with Gasteiger partial charge in [-0.25, -0.2) is 5.10 Å². The molecule has 0 saturated carbocycles. The molecule has 1 aromatic heterocycles. The third-order valence-corrected chi connectivity index (χ3v) is 3.75. The van der Waals surface area contributed by atoms with Crippen molar-refractivity contribution in [2.75, 3.05) is 0 Å². The fourth-order valence-electron chi connectivity index (χ4n) is 2.07. The molecular weight excluding hydrogens is 316 g/mol. The van der Waals surface area contributed by atoms with E-state index in [1.807, 2.05) is 55.5 Å². The third-order valence-electron chi connectivity index (χ3n) is 3.14. The van der Waals surface area contributed by atoms with Gasteiger partial charge in [-0.2, -0.15) is 14.9 Å². The van der Waals surface area contributed by atoms with Crippen LogP contribution in [-0.2, 0) is 0 Å². The summed E-state index contributed by atoms with van der Waals surface area (Å²) in [7, 11) is 0. The lowest BCUT2D eigenvalue weighted by Gasteiger charge is -2.02. The van der Waals surface area contributed by atoms with Crippen molar-refractivity contribution in [2.24, 2.45) is 5.10 Å². The highest BCUT2D eigenvalue weighted by Crippen LogP contribution is 2.19. The Kier molecular flexibility index (Phi) is 4.18. The molecule has 22 heavy (non-hydrogen) atoms. The molecule has 6 heteroatoms. The van der Waals surface area contributed by atoms with Crippen LogP contribution >= 0.6 is 23.8 Å². The molecule has 3 rings (SSSR count). The Morgan fingerprint density at radius 1 is 1.23 bits per heavy atom.